The summed E-state index contributed by atoms with van der Waals surface area (Å²) in [4.78, 5) is 4.31. The van der Waals surface area contributed by atoms with E-state index < -0.39 is 0 Å². The van der Waals surface area contributed by atoms with Crippen molar-refractivity contribution in [3.05, 3.63) is 22.3 Å². The quantitative estimate of drug-likeness (QED) is 0.895. The predicted molar refractivity (Wildman–Crippen MR) is 66.3 cm³/mol. The fourth-order valence-electron chi connectivity index (χ4n) is 1.21. The van der Waals surface area contributed by atoms with E-state index in [1.807, 2.05) is 26.1 Å². The van der Waals surface area contributed by atoms with Gasteiger partial charge in [0.25, 0.3) is 0 Å². The number of ether oxygens (including phenoxy) is 1. The van der Waals surface area contributed by atoms with Crippen LogP contribution in [0, 0.1) is 6.92 Å². The van der Waals surface area contributed by atoms with E-state index in [1.54, 1.807) is 0 Å². The minimum atomic E-state index is 0.261. The average molecular weight is 273 g/mol. The number of rotatable bonds is 5. The van der Waals surface area contributed by atoms with E-state index in [2.05, 4.69) is 33.2 Å². The Bertz CT molecular complexity index is 317. The van der Waals surface area contributed by atoms with Gasteiger partial charge in [-0.2, -0.15) is 0 Å². The van der Waals surface area contributed by atoms with Gasteiger partial charge >= 0.3 is 0 Å². The monoisotopic (exact) mass is 272 g/mol. The van der Waals surface area contributed by atoms with Crippen molar-refractivity contribution in [3.63, 3.8) is 0 Å². The zero-order valence-electron chi connectivity index (χ0n) is 9.38. The fraction of sp³-hybridized carbons (Fsp3) is 0.545. The van der Waals surface area contributed by atoms with Crippen LogP contribution < -0.4 is 5.32 Å². The van der Waals surface area contributed by atoms with Crippen LogP contribution >= 0.6 is 15.9 Å². The van der Waals surface area contributed by atoms with Crippen LogP contribution in [0.4, 0.5) is 5.82 Å². The molecule has 0 amide bonds. The molecule has 1 heterocycles. The second kappa shape index (κ2) is 6.08. The number of aryl methyl sites for hydroxylation is 1. The Balaban J connectivity index is 2.56. The number of nitrogens with zero attached hydrogens (tertiary/aromatic N) is 1. The highest BCUT2D eigenvalue weighted by Gasteiger charge is 2.06. The van der Waals surface area contributed by atoms with Crippen LogP contribution in [-0.4, -0.2) is 24.2 Å². The molecule has 0 aromatic carbocycles. The fourth-order valence-corrected chi connectivity index (χ4v) is 1.79. The lowest BCUT2D eigenvalue weighted by Gasteiger charge is -2.15. The molecule has 15 heavy (non-hydrogen) atoms. The topological polar surface area (TPSA) is 34.1 Å². The number of nitrogens with one attached hydrogen (secondary N) is 1. The van der Waals surface area contributed by atoms with Crippen molar-refractivity contribution in [2.75, 3.05) is 18.5 Å². The zero-order chi connectivity index (χ0) is 11.3. The summed E-state index contributed by atoms with van der Waals surface area (Å²) in [5.41, 5.74) is 1.14. The van der Waals surface area contributed by atoms with Crippen LogP contribution in [0.5, 0.6) is 0 Å². The van der Waals surface area contributed by atoms with Gasteiger partial charge in [-0.05, 0) is 48.3 Å². The molecule has 0 aliphatic rings. The van der Waals surface area contributed by atoms with Gasteiger partial charge < -0.3 is 10.1 Å². The van der Waals surface area contributed by atoms with Crippen LogP contribution in [0.2, 0.25) is 0 Å². The lowest BCUT2D eigenvalue weighted by atomic mass is 10.3. The predicted octanol–water partition coefficient (Wildman–Crippen LogP) is 2.99. The minimum absolute atomic E-state index is 0.261. The molecule has 3 nitrogen and oxygen atoms in total. The lowest BCUT2D eigenvalue weighted by molar-refractivity contribution is 0.141. The normalized spacial score (nSPS) is 12.5. The molecule has 4 heteroatoms. The van der Waals surface area contributed by atoms with Crippen molar-refractivity contribution in [3.8, 4) is 0 Å². The second-order valence-corrected chi connectivity index (χ2v) is 4.40. The maximum absolute atomic E-state index is 5.33. The number of aromatic nitrogens is 1. The van der Waals surface area contributed by atoms with Crippen molar-refractivity contribution >= 4 is 21.7 Å². The van der Waals surface area contributed by atoms with Crippen LogP contribution in [-0.2, 0) is 4.74 Å². The molecule has 1 aromatic rings. The summed E-state index contributed by atoms with van der Waals surface area (Å²) < 4.78 is 6.32. The van der Waals surface area contributed by atoms with Crippen molar-refractivity contribution < 1.29 is 4.74 Å². The van der Waals surface area contributed by atoms with Gasteiger partial charge in [-0.15, -0.1) is 0 Å². The Labute approximate surface area is 99.4 Å². The highest BCUT2D eigenvalue weighted by Crippen LogP contribution is 2.20. The highest BCUT2D eigenvalue weighted by atomic mass is 79.9. The van der Waals surface area contributed by atoms with Crippen molar-refractivity contribution in [2.24, 2.45) is 0 Å². The third-order valence-electron chi connectivity index (χ3n) is 1.93. The molecule has 0 aliphatic carbocycles. The number of pyridine rings is 1. The Morgan fingerprint density at radius 2 is 2.33 bits per heavy atom. The summed E-state index contributed by atoms with van der Waals surface area (Å²) in [6.07, 6.45) is 1.85. The lowest BCUT2D eigenvalue weighted by Crippen LogP contribution is -2.22. The zero-order valence-corrected chi connectivity index (χ0v) is 11.0. The first-order valence-electron chi connectivity index (χ1n) is 5.10. The SMILES string of the molecule is CCOCC(C)Nc1ncc(C)cc1Br. The van der Waals surface area contributed by atoms with Crippen LogP contribution in [0.25, 0.3) is 0 Å². The molecule has 1 N–H and O–H groups in total. The molecule has 1 rings (SSSR count). The molecule has 0 aliphatic heterocycles. The third kappa shape index (κ3) is 4.18. The van der Waals surface area contributed by atoms with Crippen LogP contribution in [0.3, 0.4) is 0 Å². The van der Waals surface area contributed by atoms with E-state index in [1.165, 1.54) is 0 Å². The Hall–Kier alpha value is -0.610. The molecule has 1 atom stereocenters. The molecule has 1 aromatic heterocycles. The molecule has 0 bridgehead atoms. The highest BCUT2D eigenvalue weighted by molar-refractivity contribution is 9.10. The first kappa shape index (κ1) is 12.5. The van der Waals surface area contributed by atoms with E-state index in [0.29, 0.717) is 6.61 Å². The average Bonchev–Trinajstić information content (AvgIpc) is 2.19. The van der Waals surface area contributed by atoms with E-state index in [4.69, 9.17) is 4.74 Å². The number of halogens is 1. The second-order valence-electron chi connectivity index (χ2n) is 3.55. The molecule has 84 valence electrons. The van der Waals surface area contributed by atoms with Gasteiger partial charge in [-0.25, -0.2) is 4.98 Å². The summed E-state index contributed by atoms with van der Waals surface area (Å²) in [6, 6.07) is 2.30. The van der Waals surface area contributed by atoms with Gasteiger partial charge in [0.05, 0.1) is 11.1 Å². The van der Waals surface area contributed by atoms with Crippen molar-refractivity contribution in [1.82, 2.24) is 4.98 Å². The van der Waals surface area contributed by atoms with E-state index in [9.17, 15) is 0 Å². The first-order valence-corrected chi connectivity index (χ1v) is 5.89. The molecular formula is C11H17BrN2O. The molecule has 0 spiro atoms. The summed E-state index contributed by atoms with van der Waals surface area (Å²) in [5, 5.41) is 3.29. The molecule has 0 fully saturated rings. The Morgan fingerprint density at radius 1 is 1.60 bits per heavy atom. The van der Waals surface area contributed by atoms with Gasteiger partial charge in [-0.3, -0.25) is 0 Å². The van der Waals surface area contributed by atoms with E-state index in [0.717, 1.165) is 22.5 Å². The van der Waals surface area contributed by atoms with Gasteiger partial charge in [0.15, 0.2) is 0 Å². The third-order valence-corrected chi connectivity index (χ3v) is 2.54. The van der Waals surface area contributed by atoms with Crippen LogP contribution in [0.15, 0.2) is 16.7 Å². The van der Waals surface area contributed by atoms with Crippen LogP contribution in [0.1, 0.15) is 19.4 Å². The summed E-state index contributed by atoms with van der Waals surface area (Å²) in [7, 11) is 0. The van der Waals surface area contributed by atoms with Crippen molar-refractivity contribution in [1.29, 1.82) is 0 Å². The molecule has 0 radical (unpaired) electrons. The van der Waals surface area contributed by atoms with Gasteiger partial charge in [0.2, 0.25) is 0 Å². The van der Waals surface area contributed by atoms with Gasteiger partial charge in [-0.1, -0.05) is 0 Å². The molecular weight excluding hydrogens is 256 g/mol. The van der Waals surface area contributed by atoms with Gasteiger partial charge in [0, 0.05) is 18.8 Å². The maximum atomic E-state index is 5.33. The van der Waals surface area contributed by atoms with E-state index in [-0.39, 0.29) is 6.04 Å². The number of anilines is 1. The first-order chi connectivity index (χ1) is 7.13. The molecule has 0 saturated carbocycles. The summed E-state index contributed by atoms with van der Waals surface area (Å²) >= 11 is 3.48. The van der Waals surface area contributed by atoms with E-state index >= 15 is 0 Å². The standard InChI is InChI=1S/C11H17BrN2O/c1-4-15-7-9(3)14-11-10(12)5-8(2)6-13-11/h5-6,9H,4,7H2,1-3H3,(H,13,14). The maximum Gasteiger partial charge on any atom is 0.140 e. The number of hydrogen-bond donors (Lipinski definition) is 1. The van der Waals surface area contributed by atoms with Gasteiger partial charge in [0.1, 0.15) is 5.82 Å². The largest absolute Gasteiger partial charge is 0.380 e. The summed E-state index contributed by atoms with van der Waals surface area (Å²) in [6.45, 7) is 7.52. The van der Waals surface area contributed by atoms with Crippen molar-refractivity contribution in [2.45, 2.75) is 26.8 Å². The molecule has 1 unspecified atom stereocenters. The Kier molecular flexibility index (Phi) is 5.05. The minimum Gasteiger partial charge on any atom is -0.380 e. The Morgan fingerprint density at radius 3 is 2.93 bits per heavy atom. The smallest absolute Gasteiger partial charge is 0.140 e. The summed E-state index contributed by atoms with van der Waals surface area (Å²) in [5.74, 6) is 0.868. The number of hydrogen-bond acceptors (Lipinski definition) is 3. The molecule has 0 saturated heterocycles.